The molecule has 3 nitrogen and oxygen atoms in total. The molecule has 0 unspecified atom stereocenters. The highest BCUT2D eigenvalue weighted by Crippen LogP contribution is 2.25. The number of benzene rings is 1. The van der Waals surface area contributed by atoms with E-state index in [0.29, 0.717) is 0 Å². The van der Waals surface area contributed by atoms with E-state index in [9.17, 15) is 4.39 Å². The molecule has 0 aliphatic rings. The number of hydrogen-bond donors (Lipinski definition) is 1. The van der Waals surface area contributed by atoms with Gasteiger partial charge < -0.3 is 10.5 Å². The Hall–Kier alpha value is -2.10. The molecule has 0 radical (unpaired) electrons. The number of nitrogens with zero attached hydrogens (tertiary/aromatic N) is 1. The predicted molar refractivity (Wildman–Crippen MR) is 64.1 cm³/mol. The Kier molecular flexibility index (Phi) is 3.23. The lowest BCUT2D eigenvalue weighted by Crippen LogP contribution is -2.02. The summed E-state index contributed by atoms with van der Waals surface area (Å²) in [5.74, 6) is -0.381. The first kappa shape index (κ1) is 11.4. The van der Waals surface area contributed by atoms with Gasteiger partial charge in [0.2, 0.25) is 0 Å². The van der Waals surface area contributed by atoms with Crippen LogP contribution in [0, 0.1) is 12.7 Å². The van der Waals surface area contributed by atoms with E-state index in [0.717, 1.165) is 11.4 Å². The molecule has 0 amide bonds. The molecule has 88 valence electrons. The average Bonchev–Trinajstić information content (AvgIpc) is 2.28. The van der Waals surface area contributed by atoms with Gasteiger partial charge in [-0.3, -0.25) is 4.98 Å². The zero-order valence-electron chi connectivity index (χ0n) is 9.48. The van der Waals surface area contributed by atoms with Crippen LogP contribution >= 0.6 is 0 Å². The van der Waals surface area contributed by atoms with Crippen molar-refractivity contribution in [3.63, 3.8) is 0 Å². The van der Waals surface area contributed by atoms with Gasteiger partial charge in [-0.25, -0.2) is 4.39 Å². The number of ether oxygens (including phenoxy) is 1. The Balaban J connectivity index is 2.13. The molecule has 0 fully saturated rings. The van der Waals surface area contributed by atoms with E-state index in [-0.39, 0.29) is 18.0 Å². The molecule has 0 bridgehead atoms. The van der Waals surface area contributed by atoms with Crippen molar-refractivity contribution >= 4 is 5.69 Å². The molecule has 2 N–H and O–H groups in total. The largest absolute Gasteiger partial charge is 0.482 e. The third-order valence-electron chi connectivity index (χ3n) is 2.31. The SMILES string of the molecule is Cc1cccc(COc2c(N)cccc2F)n1. The number of halogens is 1. The number of anilines is 1. The summed E-state index contributed by atoms with van der Waals surface area (Å²) in [6.07, 6.45) is 0. The number of aromatic nitrogens is 1. The molecular weight excluding hydrogens is 219 g/mol. The molecule has 4 heteroatoms. The molecule has 0 atom stereocenters. The quantitative estimate of drug-likeness (QED) is 0.828. The zero-order valence-corrected chi connectivity index (χ0v) is 9.48. The maximum absolute atomic E-state index is 13.4. The van der Waals surface area contributed by atoms with Crippen molar-refractivity contribution in [2.75, 3.05) is 5.73 Å². The lowest BCUT2D eigenvalue weighted by molar-refractivity contribution is 0.287. The van der Waals surface area contributed by atoms with Gasteiger partial charge in [-0.1, -0.05) is 12.1 Å². The van der Waals surface area contributed by atoms with Gasteiger partial charge in [-0.2, -0.15) is 0 Å². The number of pyridine rings is 1. The van der Waals surface area contributed by atoms with E-state index in [2.05, 4.69) is 4.98 Å². The molecule has 2 aromatic rings. The molecule has 0 saturated heterocycles. The van der Waals surface area contributed by atoms with E-state index in [1.807, 2.05) is 25.1 Å². The first-order valence-electron chi connectivity index (χ1n) is 5.26. The zero-order chi connectivity index (χ0) is 12.3. The second-order valence-corrected chi connectivity index (χ2v) is 3.72. The molecule has 0 aliphatic heterocycles. The molecule has 0 aliphatic carbocycles. The van der Waals surface area contributed by atoms with Crippen LogP contribution in [-0.4, -0.2) is 4.98 Å². The van der Waals surface area contributed by atoms with Crippen LogP contribution in [-0.2, 0) is 6.61 Å². The fourth-order valence-corrected chi connectivity index (χ4v) is 1.50. The van der Waals surface area contributed by atoms with Crippen molar-refractivity contribution in [3.8, 4) is 5.75 Å². The first-order valence-corrected chi connectivity index (χ1v) is 5.26. The topological polar surface area (TPSA) is 48.1 Å². The second kappa shape index (κ2) is 4.82. The Bertz CT molecular complexity index is 508. The predicted octanol–water partition coefficient (Wildman–Crippen LogP) is 2.69. The van der Waals surface area contributed by atoms with Crippen molar-refractivity contribution < 1.29 is 9.13 Å². The van der Waals surface area contributed by atoms with Crippen molar-refractivity contribution in [2.24, 2.45) is 0 Å². The minimum absolute atomic E-state index is 0.0795. The number of rotatable bonds is 3. The average molecular weight is 232 g/mol. The van der Waals surface area contributed by atoms with Crippen LogP contribution in [0.2, 0.25) is 0 Å². The maximum Gasteiger partial charge on any atom is 0.178 e. The molecule has 1 heterocycles. The van der Waals surface area contributed by atoms with Crippen LogP contribution in [0.25, 0.3) is 0 Å². The summed E-state index contributed by atoms with van der Waals surface area (Å²) in [5, 5.41) is 0. The maximum atomic E-state index is 13.4. The van der Waals surface area contributed by atoms with Gasteiger partial charge >= 0.3 is 0 Å². The van der Waals surface area contributed by atoms with Gasteiger partial charge in [0.05, 0.1) is 11.4 Å². The number of hydrogen-bond acceptors (Lipinski definition) is 3. The van der Waals surface area contributed by atoms with Gasteiger partial charge in [0.15, 0.2) is 11.6 Å². The van der Waals surface area contributed by atoms with Crippen LogP contribution in [0.4, 0.5) is 10.1 Å². The minimum Gasteiger partial charge on any atom is -0.482 e. The van der Waals surface area contributed by atoms with Crippen LogP contribution < -0.4 is 10.5 Å². The van der Waals surface area contributed by atoms with Crippen LogP contribution in [0.15, 0.2) is 36.4 Å². The summed E-state index contributed by atoms with van der Waals surface area (Å²) in [4.78, 5) is 4.26. The lowest BCUT2D eigenvalue weighted by Gasteiger charge is -2.09. The minimum atomic E-state index is -0.461. The van der Waals surface area contributed by atoms with Crippen LogP contribution in [0.3, 0.4) is 0 Å². The third-order valence-corrected chi connectivity index (χ3v) is 2.31. The second-order valence-electron chi connectivity index (χ2n) is 3.72. The summed E-state index contributed by atoms with van der Waals surface area (Å²) in [6.45, 7) is 2.09. The van der Waals surface area contributed by atoms with Gasteiger partial charge in [0.25, 0.3) is 0 Å². The Morgan fingerprint density at radius 1 is 1.24 bits per heavy atom. The van der Waals surface area contributed by atoms with Gasteiger partial charge in [0, 0.05) is 5.69 Å². The van der Waals surface area contributed by atoms with E-state index in [1.54, 1.807) is 12.1 Å². The molecule has 0 saturated carbocycles. The summed E-state index contributed by atoms with van der Waals surface area (Å²) >= 11 is 0. The third kappa shape index (κ3) is 2.72. The molecule has 2 rings (SSSR count). The fraction of sp³-hybridized carbons (Fsp3) is 0.154. The Labute approximate surface area is 99.1 Å². The standard InChI is InChI=1S/C13H13FN2O/c1-9-4-2-5-10(16-9)8-17-13-11(14)6-3-7-12(13)15/h2-7H,8,15H2,1H3. The van der Waals surface area contributed by atoms with E-state index >= 15 is 0 Å². The molecule has 17 heavy (non-hydrogen) atoms. The molecule has 0 spiro atoms. The summed E-state index contributed by atoms with van der Waals surface area (Å²) in [6, 6.07) is 10.1. The normalized spacial score (nSPS) is 10.2. The number of nitrogen functional groups attached to an aromatic ring is 1. The van der Waals surface area contributed by atoms with Crippen molar-refractivity contribution in [1.82, 2.24) is 4.98 Å². The van der Waals surface area contributed by atoms with Gasteiger partial charge in [-0.05, 0) is 31.2 Å². The van der Waals surface area contributed by atoms with E-state index in [4.69, 9.17) is 10.5 Å². The molecular formula is C13H13FN2O. The van der Waals surface area contributed by atoms with Crippen molar-refractivity contribution in [1.29, 1.82) is 0 Å². The Morgan fingerprint density at radius 3 is 2.71 bits per heavy atom. The smallest absolute Gasteiger partial charge is 0.178 e. The summed E-state index contributed by atoms with van der Waals surface area (Å²) in [5.41, 5.74) is 7.56. The van der Waals surface area contributed by atoms with E-state index < -0.39 is 5.82 Å². The first-order chi connectivity index (χ1) is 8.16. The fourth-order valence-electron chi connectivity index (χ4n) is 1.50. The summed E-state index contributed by atoms with van der Waals surface area (Å²) < 4.78 is 18.8. The van der Waals surface area contributed by atoms with Crippen molar-refractivity contribution in [2.45, 2.75) is 13.5 Å². The van der Waals surface area contributed by atoms with Crippen LogP contribution in [0.1, 0.15) is 11.4 Å². The van der Waals surface area contributed by atoms with Crippen molar-refractivity contribution in [3.05, 3.63) is 53.6 Å². The highest BCUT2D eigenvalue weighted by atomic mass is 19.1. The van der Waals surface area contributed by atoms with E-state index in [1.165, 1.54) is 6.07 Å². The monoisotopic (exact) mass is 232 g/mol. The molecule has 1 aromatic carbocycles. The number of nitrogens with two attached hydrogens (primary N) is 1. The lowest BCUT2D eigenvalue weighted by atomic mass is 10.3. The number of para-hydroxylation sites is 1. The molecule has 1 aromatic heterocycles. The Morgan fingerprint density at radius 2 is 2.00 bits per heavy atom. The summed E-state index contributed by atoms with van der Waals surface area (Å²) in [7, 11) is 0. The highest BCUT2D eigenvalue weighted by Gasteiger charge is 2.07. The van der Waals surface area contributed by atoms with Gasteiger partial charge in [-0.15, -0.1) is 0 Å². The highest BCUT2D eigenvalue weighted by molar-refractivity contribution is 5.52. The van der Waals surface area contributed by atoms with Gasteiger partial charge in [0.1, 0.15) is 6.61 Å². The van der Waals surface area contributed by atoms with Crippen LogP contribution in [0.5, 0.6) is 5.75 Å². The number of aryl methyl sites for hydroxylation is 1.